The molecule has 0 radical (unpaired) electrons. The van der Waals surface area contributed by atoms with E-state index >= 15 is 0 Å². The van der Waals surface area contributed by atoms with Gasteiger partial charge in [-0.2, -0.15) is 0 Å². The Bertz CT molecular complexity index is 567. The summed E-state index contributed by atoms with van der Waals surface area (Å²) in [6.45, 7) is 3.75. The van der Waals surface area contributed by atoms with Gasteiger partial charge in [-0.3, -0.25) is 9.59 Å². The Labute approximate surface area is 137 Å². The van der Waals surface area contributed by atoms with Crippen molar-refractivity contribution in [3.8, 4) is 0 Å². The lowest BCUT2D eigenvalue weighted by Gasteiger charge is -2.41. The van der Waals surface area contributed by atoms with Crippen LogP contribution in [0.15, 0.2) is 30.3 Å². The highest BCUT2D eigenvalue weighted by molar-refractivity contribution is 5.86. The molecule has 0 saturated carbocycles. The van der Waals surface area contributed by atoms with Gasteiger partial charge >= 0.3 is 0 Å². The van der Waals surface area contributed by atoms with Gasteiger partial charge in [0.1, 0.15) is 6.61 Å². The van der Waals surface area contributed by atoms with E-state index in [9.17, 15) is 9.59 Å². The molecule has 0 N–H and O–H groups in total. The molecule has 0 spiro atoms. The van der Waals surface area contributed by atoms with Gasteiger partial charge < -0.3 is 14.5 Å². The van der Waals surface area contributed by atoms with Gasteiger partial charge in [0.05, 0.1) is 6.04 Å². The van der Waals surface area contributed by atoms with Crippen molar-refractivity contribution >= 4 is 11.8 Å². The Kier molecular flexibility index (Phi) is 4.66. The SMILES string of the molecule is CC1CCN(C(=O)[C@@H]2OCC(=O)N(C)[C@H]2c2ccccc2)CC1. The van der Waals surface area contributed by atoms with E-state index in [1.54, 1.807) is 11.9 Å². The maximum absolute atomic E-state index is 13.0. The molecule has 0 bridgehead atoms. The molecule has 2 saturated heterocycles. The third kappa shape index (κ3) is 3.24. The van der Waals surface area contributed by atoms with Gasteiger partial charge in [0.2, 0.25) is 5.91 Å². The molecule has 2 atom stereocenters. The van der Waals surface area contributed by atoms with E-state index in [0.29, 0.717) is 5.92 Å². The predicted octanol–water partition coefficient (Wildman–Crippen LogP) is 1.84. The molecule has 2 fully saturated rings. The van der Waals surface area contributed by atoms with Crippen LogP contribution in [0.4, 0.5) is 0 Å². The first-order valence-corrected chi connectivity index (χ1v) is 8.29. The highest BCUT2D eigenvalue weighted by Crippen LogP contribution is 2.31. The fourth-order valence-corrected chi connectivity index (χ4v) is 3.38. The highest BCUT2D eigenvalue weighted by atomic mass is 16.5. The van der Waals surface area contributed by atoms with E-state index in [-0.39, 0.29) is 24.5 Å². The van der Waals surface area contributed by atoms with Gasteiger partial charge in [0.15, 0.2) is 6.10 Å². The Morgan fingerprint density at radius 3 is 2.48 bits per heavy atom. The number of nitrogens with zero attached hydrogens (tertiary/aromatic N) is 2. The molecule has 0 aliphatic carbocycles. The number of morpholine rings is 1. The molecule has 124 valence electrons. The van der Waals surface area contributed by atoms with Crippen molar-refractivity contribution in [2.24, 2.45) is 5.92 Å². The molecule has 1 aromatic carbocycles. The monoisotopic (exact) mass is 316 g/mol. The Morgan fingerprint density at radius 2 is 1.83 bits per heavy atom. The van der Waals surface area contributed by atoms with Crippen LogP contribution >= 0.6 is 0 Å². The number of rotatable bonds is 2. The summed E-state index contributed by atoms with van der Waals surface area (Å²) in [5, 5.41) is 0. The minimum atomic E-state index is -0.617. The number of amides is 2. The van der Waals surface area contributed by atoms with Crippen LogP contribution in [0.5, 0.6) is 0 Å². The number of carbonyl (C=O) groups excluding carboxylic acids is 2. The topological polar surface area (TPSA) is 49.9 Å². The van der Waals surface area contributed by atoms with Crippen molar-refractivity contribution in [2.75, 3.05) is 26.7 Å². The van der Waals surface area contributed by atoms with Crippen LogP contribution in [-0.2, 0) is 14.3 Å². The van der Waals surface area contributed by atoms with Crippen molar-refractivity contribution in [3.63, 3.8) is 0 Å². The van der Waals surface area contributed by atoms with Crippen molar-refractivity contribution < 1.29 is 14.3 Å². The molecule has 2 heterocycles. The summed E-state index contributed by atoms with van der Waals surface area (Å²) in [5.74, 6) is 0.584. The van der Waals surface area contributed by atoms with Crippen LogP contribution in [-0.4, -0.2) is 54.5 Å². The average Bonchev–Trinajstić information content (AvgIpc) is 2.58. The van der Waals surface area contributed by atoms with Crippen LogP contribution in [0.1, 0.15) is 31.4 Å². The van der Waals surface area contributed by atoms with Gasteiger partial charge in [0, 0.05) is 20.1 Å². The first-order chi connectivity index (χ1) is 11.1. The van der Waals surface area contributed by atoms with E-state index < -0.39 is 6.10 Å². The molecule has 2 aliphatic rings. The first kappa shape index (κ1) is 16.0. The summed E-state index contributed by atoms with van der Waals surface area (Å²) in [4.78, 5) is 28.5. The first-order valence-electron chi connectivity index (χ1n) is 8.29. The second kappa shape index (κ2) is 6.71. The fourth-order valence-electron chi connectivity index (χ4n) is 3.38. The number of piperidine rings is 1. The third-order valence-electron chi connectivity index (χ3n) is 4.96. The minimum absolute atomic E-state index is 0.00473. The molecule has 0 aromatic heterocycles. The van der Waals surface area contributed by atoms with Crippen LogP contribution < -0.4 is 0 Å². The smallest absolute Gasteiger partial charge is 0.254 e. The van der Waals surface area contributed by atoms with Crippen molar-refractivity contribution in [2.45, 2.75) is 31.9 Å². The molecule has 0 unspecified atom stereocenters. The quantitative estimate of drug-likeness (QED) is 0.836. The number of likely N-dealkylation sites (N-methyl/N-ethyl adjacent to an activating group) is 1. The molecule has 2 amide bonds. The van der Waals surface area contributed by atoms with Crippen molar-refractivity contribution in [1.82, 2.24) is 9.80 Å². The Hall–Kier alpha value is -1.88. The standard InChI is InChI=1S/C18H24N2O3/c1-13-8-10-20(11-9-13)18(22)17-16(14-6-4-3-5-7-14)19(2)15(21)12-23-17/h3-7,13,16-17H,8-12H2,1-2H3/t16-,17+/m0/s1. The lowest BCUT2D eigenvalue weighted by Crippen LogP contribution is -2.54. The maximum atomic E-state index is 13.0. The third-order valence-corrected chi connectivity index (χ3v) is 4.96. The van der Waals surface area contributed by atoms with Gasteiger partial charge in [-0.15, -0.1) is 0 Å². The molecule has 5 nitrogen and oxygen atoms in total. The number of hydrogen-bond acceptors (Lipinski definition) is 3. The maximum Gasteiger partial charge on any atom is 0.254 e. The van der Waals surface area contributed by atoms with E-state index in [0.717, 1.165) is 31.5 Å². The summed E-state index contributed by atoms with van der Waals surface area (Å²) in [7, 11) is 1.75. The Morgan fingerprint density at radius 1 is 1.17 bits per heavy atom. The van der Waals surface area contributed by atoms with Crippen molar-refractivity contribution in [1.29, 1.82) is 0 Å². The second-order valence-corrected chi connectivity index (χ2v) is 6.60. The number of hydrogen-bond donors (Lipinski definition) is 0. The second-order valence-electron chi connectivity index (χ2n) is 6.60. The number of carbonyl (C=O) groups is 2. The average molecular weight is 316 g/mol. The highest BCUT2D eigenvalue weighted by Gasteiger charge is 2.42. The molecular formula is C18H24N2O3. The van der Waals surface area contributed by atoms with Gasteiger partial charge in [-0.25, -0.2) is 0 Å². The Balaban J connectivity index is 1.83. The van der Waals surface area contributed by atoms with Crippen LogP contribution in [0, 0.1) is 5.92 Å². The summed E-state index contributed by atoms with van der Waals surface area (Å²) in [6, 6.07) is 9.31. The van der Waals surface area contributed by atoms with Gasteiger partial charge in [0.25, 0.3) is 5.91 Å². The van der Waals surface area contributed by atoms with Crippen molar-refractivity contribution in [3.05, 3.63) is 35.9 Å². The normalized spacial score (nSPS) is 26.4. The molecule has 2 aliphatic heterocycles. The number of benzene rings is 1. The molecule has 23 heavy (non-hydrogen) atoms. The van der Waals surface area contributed by atoms with Gasteiger partial charge in [-0.05, 0) is 24.3 Å². The summed E-state index contributed by atoms with van der Waals surface area (Å²) < 4.78 is 5.69. The lowest BCUT2D eigenvalue weighted by atomic mass is 9.95. The molecule has 5 heteroatoms. The van der Waals surface area contributed by atoms with E-state index in [1.165, 1.54) is 0 Å². The van der Waals surface area contributed by atoms with E-state index in [1.807, 2.05) is 35.2 Å². The molecule has 1 aromatic rings. The van der Waals surface area contributed by atoms with E-state index in [2.05, 4.69) is 6.92 Å². The predicted molar refractivity (Wildman–Crippen MR) is 86.7 cm³/mol. The molecular weight excluding hydrogens is 292 g/mol. The lowest BCUT2D eigenvalue weighted by molar-refractivity contribution is -0.168. The fraction of sp³-hybridized carbons (Fsp3) is 0.556. The van der Waals surface area contributed by atoms with E-state index in [4.69, 9.17) is 4.74 Å². The number of ether oxygens (including phenoxy) is 1. The van der Waals surface area contributed by atoms with Crippen LogP contribution in [0.25, 0.3) is 0 Å². The van der Waals surface area contributed by atoms with Crippen LogP contribution in [0.2, 0.25) is 0 Å². The summed E-state index contributed by atoms with van der Waals surface area (Å²) in [5.41, 5.74) is 0.937. The van der Waals surface area contributed by atoms with Gasteiger partial charge in [-0.1, -0.05) is 37.3 Å². The molecule has 3 rings (SSSR count). The van der Waals surface area contributed by atoms with Crippen LogP contribution in [0.3, 0.4) is 0 Å². The zero-order chi connectivity index (χ0) is 16.4. The zero-order valence-corrected chi connectivity index (χ0v) is 13.8. The minimum Gasteiger partial charge on any atom is -0.356 e. The number of likely N-dealkylation sites (tertiary alicyclic amines) is 1. The zero-order valence-electron chi connectivity index (χ0n) is 13.8. The summed E-state index contributed by atoms with van der Waals surface area (Å²) in [6.07, 6.45) is 1.44. The summed E-state index contributed by atoms with van der Waals surface area (Å²) >= 11 is 0. The largest absolute Gasteiger partial charge is 0.356 e.